The molecule has 0 spiro atoms. The van der Waals surface area contributed by atoms with E-state index in [4.69, 9.17) is 4.74 Å². The Morgan fingerprint density at radius 2 is 1.77 bits per heavy atom. The van der Waals surface area contributed by atoms with E-state index in [0.717, 1.165) is 55.2 Å². The molecule has 4 rings (SSSR count). The summed E-state index contributed by atoms with van der Waals surface area (Å²) in [4.78, 5) is 12.0. The number of hydrogen-bond donors (Lipinski definition) is 1. The van der Waals surface area contributed by atoms with E-state index in [0.29, 0.717) is 5.75 Å². The van der Waals surface area contributed by atoms with Crippen LogP contribution in [0.1, 0.15) is 24.2 Å². The van der Waals surface area contributed by atoms with Gasteiger partial charge in [-0.3, -0.25) is 4.79 Å². The summed E-state index contributed by atoms with van der Waals surface area (Å²) in [5.74, 6) is 1.85. The topological polar surface area (TPSA) is 69.0 Å². The Bertz CT molecular complexity index is 1030. The van der Waals surface area contributed by atoms with Gasteiger partial charge in [0.1, 0.15) is 11.6 Å². The number of nitrogens with zero attached hydrogens (tertiary/aromatic N) is 3. The normalized spacial score (nSPS) is 13.6. The highest BCUT2D eigenvalue weighted by Gasteiger charge is 2.30. The quantitative estimate of drug-likeness (QED) is 0.673. The Morgan fingerprint density at radius 1 is 1.03 bits per heavy atom. The number of hydrogen-bond acceptors (Lipinski definition) is 4. The predicted molar refractivity (Wildman–Crippen MR) is 104 cm³/mol. The van der Waals surface area contributed by atoms with E-state index in [1.807, 2.05) is 12.1 Å². The van der Waals surface area contributed by atoms with Gasteiger partial charge in [-0.2, -0.15) is 13.2 Å². The van der Waals surface area contributed by atoms with Crippen molar-refractivity contribution in [3.63, 3.8) is 0 Å². The van der Waals surface area contributed by atoms with Gasteiger partial charge in [0.25, 0.3) is 5.91 Å². The molecule has 0 radical (unpaired) electrons. The van der Waals surface area contributed by atoms with Gasteiger partial charge >= 0.3 is 6.18 Å². The molecule has 1 aliphatic heterocycles. The second-order valence-corrected chi connectivity index (χ2v) is 6.98. The van der Waals surface area contributed by atoms with Gasteiger partial charge in [0.05, 0.1) is 5.56 Å². The molecule has 2 aromatic carbocycles. The van der Waals surface area contributed by atoms with Crippen LogP contribution in [0.5, 0.6) is 5.75 Å². The first-order chi connectivity index (χ1) is 14.4. The molecular formula is C21H19F3N4O2. The van der Waals surface area contributed by atoms with Crippen LogP contribution in [0.4, 0.5) is 18.9 Å². The van der Waals surface area contributed by atoms with Crippen LogP contribution in [0.3, 0.4) is 0 Å². The van der Waals surface area contributed by atoms with E-state index in [-0.39, 0.29) is 12.3 Å². The van der Waals surface area contributed by atoms with Crippen LogP contribution < -0.4 is 10.1 Å². The number of carbonyl (C=O) groups is 1. The van der Waals surface area contributed by atoms with Crippen molar-refractivity contribution in [3.05, 3.63) is 59.9 Å². The smallest absolute Gasteiger partial charge is 0.416 e. The van der Waals surface area contributed by atoms with Crippen molar-refractivity contribution >= 4 is 11.6 Å². The van der Waals surface area contributed by atoms with Crippen molar-refractivity contribution in [3.8, 4) is 17.1 Å². The lowest BCUT2D eigenvalue weighted by atomic mass is 10.1. The second-order valence-electron chi connectivity index (χ2n) is 6.98. The van der Waals surface area contributed by atoms with Crippen LogP contribution in [-0.2, 0) is 23.9 Å². The molecule has 0 saturated carbocycles. The van der Waals surface area contributed by atoms with Gasteiger partial charge in [-0.05, 0) is 61.4 Å². The van der Waals surface area contributed by atoms with Crippen molar-refractivity contribution in [2.75, 3.05) is 11.9 Å². The molecule has 0 fully saturated rings. The molecule has 3 aromatic rings. The minimum absolute atomic E-state index is 0.263. The van der Waals surface area contributed by atoms with Gasteiger partial charge in [0.2, 0.25) is 0 Å². The third kappa shape index (κ3) is 4.45. The van der Waals surface area contributed by atoms with Crippen LogP contribution >= 0.6 is 0 Å². The van der Waals surface area contributed by atoms with Crippen LogP contribution in [-0.4, -0.2) is 27.3 Å². The molecule has 0 bridgehead atoms. The predicted octanol–water partition coefficient (Wildman–Crippen LogP) is 4.32. The van der Waals surface area contributed by atoms with Crippen molar-refractivity contribution in [1.82, 2.24) is 14.8 Å². The fraction of sp³-hybridized carbons (Fsp3) is 0.286. The molecule has 156 valence electrons. The van der Waals surface area contributed by atoms with Crippen LogP contribution in [0.25, 0.3) is 11.4 Å². The van der Waals surface area contributed by atoms with Crippen molar-refractivity contribution in [2.24, 2.45) is 0 Å². The summed E-state index contributed by atoms with van der Waals surface area (Å²) in [5, 5.41) is 11.0. The maximum absolute atomic E-state index is 12.6. The SMILES string of the molecule is O=C(COc1ccc(-c2nnc3n2CCCC3)cc1)Nc1ccc(C(F)(F)F)cc1. The number of fused-ring (bicyclic) bond motifs is 1. The lowest BCUT2D eigenvalue weighted by Gasteiger charge is -2.14. The lowest BCUT2D eigenvalue weighted by molar-refractivity contribution is -0.137. The molecule has 30 heavy (non-hydrogen) atoms. The monoisotopic (exact) mass is 416 g/mol. The molecule has 9 heteroatoms. The highest BCUT2D eigenvalue weighted by Crippen LogP contribution is 2.30. The Hall–Kier alpha value is -3.36. The summed E-state index contributed by atoms with van der Waals surface area (Å²) < 4.78 is 45.3. The molecule has 1 aliphatic rings. The van der Waals surface area contributed by atoms with Gasteiger partial charge in [-0.15, -0.1) is 10.2 Å². The Balaban J connectivity index is 1.33. The van der Waals surface area contributed by atoms with E-state index in [1.165, 1.54) is 12.1 Å². The van der Waals surface area contributed by atoms with Gasteiger partial charge in [-0.1, -0.05) is 0 Å². The largest absolute Gasteiger partial charge is 0.484 e. The Kier molecular flexibility index (Phi) is 5.43. The summed E-state index contributed by atoms with van der Waals surface area (Å²) >= 11 is 0. The number of carbonyl (C=O) groups excluding carboxylic acids is 1. The van der Waals surface area contributed by atoms with Crippen molar-refractivity contribution in [1.29, 1.82) is 0 Å². The summed E-state index contributed by atoms with van der Waals surface area (Å²) in [6.45, 7) is 0.640. The third-order valence-electron chi connectivity index (χ3n) is 4.84. The maximum Gasteiger partial charge on any atom is 0.416 e. The first kappa shape index (κ1) is 19.9. The second kappa shape index (κ2) is 8.17. The van der Waals surface area contributed by atoms with Gasteiger partial charge in [0.15, 0.2) is 12.4 Å². The highest BCUT2D eigenvalue weighted by atomic mass is 19.4. The molecule has 1 N–H and O–H groups in total. The molecule has 0 atom stereocenters. The number of anilines is 1. The molecule has 2 heterocycles. The number of alkyl halides is 3. The van der Waals surface area contributed by atoms with Gasteiger partial charge in [-0.25, -0.2) is 0 Å². The van der Waals surface area contributed by atoms with Crippen LogP contribution in [0.15, 0.2) is 48.5 Å². The lowest BCUT2D eigenvalue weighted by Crippen LogP contribution is -2.20. The number of nitrogens with one attached hydrogen (secondary N) is 1. The van der Waals surface area contributed by atoms with Crippen LogP contribution in [0, 0.1) is 0 Å². The minimum atomic E-state index is -4.41. The summed E-state index contributed by atoms with van der Waals surface area (Å²) in [5.41, 5.74) is 0.409. The molecule has 0 aliphatic carbocycles. The number of halogens is 3. The standard InChI is InChI=1S/C21H19F3N4O2/c22-21(23,24)15-6-8-16(9-7-15)25-19(29)13-30-17-10-4-14(5-11-17)20-27-26-18-3-1-2-12-28(18)20/h4-11H,1-3,12-13H2,(H,25,29). The molecular weight excluding hydrogens is 397 g/mol. The van der Waals surface area contributed by atoms with Crippen molar-refractivity contribution in [2.45, 2.75) is 32.0 Å². The average Bonchev–Trinajstić information content (AvgIpc) is 3.17. The zero-order valence-corrected chi connectivity index (χ0v) is 15.9. The van der Waals surface area contributed by atoms with Crippen LogP contribution in [0.2, 0.25) is 0 Å². The minimum Gasteiger partial charge on any atom is -0.484 e. The Morgan fingerprint density at radius 3 is 2.47 bits per heavy atom. The number of ether oxygens (including phenoxy) is 1. The molecule has 6 nitrogen and oxygen atoms in total. The molecule has 1 amide bonds. The van der Waals surface area contributed by atoms with Gasteiger partial charge < -0.3 is 14.6 Å². The zero-order chi connectivity index (χ0) is 21.1. The number of amides is 1. The zero-order valence-electron chi connectivity index (χ0n) is 15.9. The highest BCUT2D eigenvalue weighted by molar-refractivity contribution is 5.91. The van der Waals surface area contributed by atoms with Gasteiger partial charge in [0, 0.05) is 24.2 Å². The van der Waals surface area contributed by atoms with E-state index in [1.54, 1.807) is 12.1 Å². The molecule has 1 aromatic heterocycles. The Labute approximate surface area is 170 Å². The molecule has 0 unspecified atom stereocenters. The van der Waals surface area contributed by atoms with Crippen molar-refractivity contribution < 1.29 is 22.7 Å². The maximum atomic E-state index is 12.6. The third-order valence-corrected chi connectivity index (χ3v) is 4.84. The molecule has 0 saturated heterocycles. The fourth-order valence-electron chi connectivity index (χ4n) is 3.31. The first-order valence-corrected chi connectivity index (χ1v) is 9.52. The number of rotatable bonds is 5. The first-order valence-electron chi connectivity index (χ1n) is 9.52. The van der Waals surface area contributed by atoms with E-state index < -0.39 is 17.6 Å². The number of benzene rings is 2. The average molecular weight is 416 g/mol. The summed E-state index contributed by atoms with van der Waals surface area (Å²) in [6, 6.07) is 11.4. The van der Waals surface area contributed by atoms with E-state index >= 15 is 0 Å². The number of aromatic nitrogens is 3. The van der Waals surface area contributed by atoms with E-state index in [9.17, 15) is 18.0 Å². The summed E-state index contributed by atoms with van der Waals surface area (Å²) in [6.07, 6.45) is -1.25. The van der Waals surface area contributed by atoms with E-state index in [2.05, 4.69) is 20.1 Å². The summed E-state index contributed by atoms with van der Waals surface area (Å²) in [7, 11) is 0. The number of aryl methyl sites for hydroxylation is 1. The fourth-order valence-corrected chi connectivity index (χ4v) is 3.31.